The van der Waals surface area contributed by atoms with E-state index in [-0.39, 0.29) is 17.7 Å². The molecular formula is C25H24N6O4. The number of nitrogens with one attached hydrogen (secondary N) is 3. The van der Waals surface area contributed by atoms with Gasteiger partial charge in [-0.1, -0.05) is 6.07 Å². The highest BCUT2D eigenvalue weighted by molar-refractivity contribution is 5.97. The summed E-state index contributed by atoms with van der Waals surface area (Å²) >= 11 is 0. The molecule has 3 amide bonds. The van der Waals surface area contributed by atoms with Crippen molar-refractivity contribution < 1.29 is 19.4 Å². The first-order chi connectivity index (χ1) is 17.0. The lowest BCUT2D eigenvalue weighted by Crippen LogP contribution is -2.36. The lowest BCUT2D eigenvalue weighted by atomic mass is 10.0. The van der Waals surface area contributed by atoms with Crippen molar-refractivity contribution in [3.05, 3.63) is 60.3 Å². The number of fused-ring (bicyclic) bond motifs is 1. The van der Waals surface area contributed by atoms with Gasteiger partial charge >= 0.3 is 6.03 Å². The third-order valence-electron chi connectivity index (χ3n) is 5.88. The van der Waals surface area contributed by atoms with E-state index in [2.05, 4.69) is 25.6 Å². The first-order valence-electron chi connectivity index (χ1n) is 11.2. The van der Waals surface area contributed by atoms with Gasteiger partial charge in [0.25, 0.3) is 5.91 Å². The summed E-state index contributed by atoms with van der Waals surface area (Å²) in [6, 6.07) is 14.0. The number of ether oxygens (including phenoxy) is 1. The molecule has 10 nitrogen and oxygen atoms in total. The van der Waals surface area contributed by atoms with E-state index in [1.807, 2.05) is 18.2 Å². The zero-order valence-electron chi connectivity index (χ0n) is 19.0. The number of urea groups is 1. The smallest absolute Gasteiger partial charge is 0.317 e. The zero-order valence-corrected chi connectivity index (χ0v) is 19.0. The third kappa shape index (κ3) is 4.45. The van der Waals surface area contributed by atoms with Gasteiger partial charge in [-0.15, -0.1) is 0 Å². The highest BCUT2D eigenvalue weighted by Crippen LogP contribution is 2.35. The number of aromatic hydroxyl groups is 1. The van der Waals surface area contributed by atoms with E-state index >= 15 is 0 Å². The number of phenols is 1. The molecule has 1 aliphatic heterocycles. The van der Waals surface area contributed by atoms with Gasteiger partial charge in [-0.05, 0) is 48.0 Å². The van der Waals surface area contributed by atoms with Gasteiger partial charge in [-0.2, -0.15) is 0 Å². The Morgan fingerprint density at radius 2 is 2.09 bits per heavy atom. The summed E-state index contributed by atoms with van der Waals surface area (Å²) in [7, 11) is 1.56. The number of aromatic amines is 1. The Kier molecular flexibility index (Phi) is 5.92. The van der Waals surface area contributed by atoms with E-state index in [9.17, 15) is 14.7 Å². The van der Waals surface area contributed by atoms with Crippen molar-refractivity contribution >= 4 is 23.0 Å². The van der Waals surface area contributed by atoms with Crippen molar-refractivity contribution in [3.63, 3.8) is 0 Å². The number of phenolic OH excluding ortho intramolecular Hbond substituents is 1. The molecule has 10 heteroatoms. The van der Waals surface area contributed by atoms with E-state index < -0.39 is 0 Å². The van der Waals surface area contributed by atoms with Crippen molar-refractivity contribution in [1.29, 1.82) is 0 Å². The number of hydrogen-bond acceptors (Lipinski definition) is 6. The predicted octanol–water partition coefficient (Wildman–Crippen LogP) is 2.76. The number of pyridine rings is 1. The minimum atomic E-state index is -0.246. The van der Waals surface area contributed by atoms with Crippen molar-refractivity contribution in [2.75, 3.05) is 33.3 Å². The topological polar surface area (TPSA) is 132 Å². The molecule has 0 aliphatic carbocycles. The molecule has 0 atom stereocenters. The summed E-state index contributed by atoms with van der Waals surface area (Å²) in [6.45, 7) is 2.07. The summed E-state index contributed by atoms with van der Waals surface area (Å²) in [6.07, 6.45) is 1.65. The number of imidazole rings is 1. The average Bonchev–Trinajstić information content (AvgIpc) is 3.49. The van der Waals surface area contributed by atoms with Crippen molar-refractivity contribution in [2.24, 2.45) is 0 Å². The molecule has 1 aliphatic rings. The fourth-order valence-corrected chi connectivity index (χ4v) is 4.07. The van der Waals surface area contributed by atoms with Gasteiger partial charge in [-0.3, -0.25) is 4.79 Å². The Bertz CT molecular complexity index is 1420. The SMILES string of the molecule is COc1ncccc1-c1ccc(O)c(-c2nc3cc(C(=O)NCCN4CCNC4=O)ccc3[nH]2)c1. The number of nitrogens with zero attached hydrogens (tertiary/aromatic N) is 3. The molecule has 1 fully saturated rings. The number of hydrogen-bond donors (Lipinski definition) is 4. The van der Waals surface area contributed by atoms with Crippen LogP contribution in [-0.4, -0.2) is 70.2 Å². The molecule has 4 N–H and O–H groups in total. The van der Waals surface area contributed by atoms with Crippen LogP contribution >= 0.6 is 0 Å². The van der Waals surface area contributed by atoms with Crippen LogP contribution in [0.15, 0.2) is 54.7 Å². The maximum absolute atomic E-state index is 12.6. The molecule has 2 aromatic heterocycles. The van der Waals surface area contributed by atoms with Gasteiger partial charge in [0.1, 0.15) is 11.6 Å². The minimum absolute atomic E-state index is 0.0691. The van der Waals surface area contributed by atoms with Gasteiger partial charge in [0.05, 0.1) is 23.7 Å². The lowest BCUT2D eigenvalue weighted by Gasteiger charge is -2.14. The van der Waals surface area contributed by atoms with E-state index in [0.717, 1.165) is 16.6 Å². The summed E-state index contributed by atoms with van der Waals surface area (Å²) in [5.74, 6) is 0.777. The summed E-state index contributed by atoms with van der Waals surface area (Å²) < 4.78 is 5.36. The first-order valence-corrected chi connectivity index (χ1v) is 11.2. The van der Waals surface area contributed by atoms with Gasteiger partial charge in [-0.25, -0.2) is 14.8 Å². The Labute approximate surface area is 201 Å². The van der Waals surface area contributed by atoms with Gasteiger partial charge < -0.3 is 30.4 Å². The van der Waals surface area contributed by atoms with E-state index in [0.29, 0.717) is 54.5 Å². The standard InChI is InChI=1S/C25H24N6O4/c1-35-24-17(3-2-8-27-24)15-5-7-21(32)18(13-15)22-29-19-6-4-16(14-20(19)30-22)23(33)26-9-11-31-12-10-28-25(31)34/h2-8,13-14,32H,9-12H2,1H3,(H,26,33)(H,28,34)(H,29,30). The fourth-order valence-electron chi connectivity index (χ4n) is 4.07. The maximum atomic E-state index is 12.6. The average molecular weight is 473 g/mol. The van der Waals surface area contributed by atoms with Crippen LogP contribution in [0.5, 0.6) is 11.6 Å². The Morgan fingerprint density at radius 3 is 2.89 bits per heavy atom. The Morgan fingerprint density at radius 1 is 1.20 bits per heavy atom. The molecule has 0 radical (unpaired) electrons. The highest BCUT2D eigenvalue weighted by Gasteiger charge is 2.19. The monoisotopic (exact) mass is 472 g/mol. The quantitative estimate of drug-likeness (QED) is 0.327. The highest BCUT2D eigenvalue weighted by atomic mass is 16.5. The number of carbonyl (C=O) groups is 2. The molecule has 0 saturated carbocycles. The van der Waals surface area contributed by atoms with Crippen molar-refractivity contribution in [1.82, 2.24) is 30.5 Å². The molecule has 1 saturated heterocycles. The Balaban J connectivity index is 1.37. The minimum Gasteiger partial charge on any atom is -0.507 e. The number of methoxy groups -OCH3 is 1. The van der Waals surface area contributed by atoms with Crippen LogP contribution in [0, 0.1) is 0 Å². The van der Waals surface area contributed by atoms with Gasteiger partial charge in [0, 0.05) is 43.5 Å². The molecule has 35 heavy (non-hydrogen) atoms. The number of carbonyl (C=O) groups excluding carboxylic acids is 2. The fraction of sp³-hybridized carbons (Fsp3) is 0.200. The number of rotatable bonds is 7. The number of H-pyrrole nitrogens is 1. The molecule has 2 aromatic carbocycles. The van der Waals surface area contributed by atoms with Crippen LogP contribution in [0.3, 0.4) is 0 Å². The van der Waals surface area contributed by atoms with Gasteiger partial charge in [0.2, 0.25) is 5.88 Å². The van der Waals surface area contributed by atoms with Crippen LogP contribution in [0.1, 0.15) is 10.4 Å². The van der Waals surface area contributed by atoms with Crippen molar-refractivity contribution in [2.45, 2.75) is 0 Å². The second-order valence-electron chi connectivity index (χ2n) is 8.08. The Hall–Kier alpha value is -4.60. The van der Waals surface area contributed by atoms with Crippen LogP contribution in [0.25, 0.3) is 33.5 Å². The first kappa shape index (κ1) is 22.2. The van der Waals surface area contributed by atoms with Crippen LogP contribution in [0.4, 0.5) is 4.79 Å². The molecule has 0 spiro atoms. The molecule has 0 bridgehead atoms. The number of aromatic nitrogens is 3. The summed E-state index contributed by atoms with van der Waals surface area (Å²) in [4.78, 5) is 37.9. The van der Waals surface area contributed by atoms with Crippen molar-refractivity contribution in [3.8, 4) is 34.1 Å². The third-order valence-corrected chi connectivity index (χ3v) is 5.88. The lowest BCUT2D eigenvalue weighted by molar-refractivity contribution is 0.0950. The maximum Gasteiger partial charge on any atom is 0.317 e. The zero-order chi connectivity index (χ0) is 24.4. The molecular weight excluding hydrogens is 448 g/mol. The molecule has 5 rings (SSSR count). The van der Waals surface area contributed by atoms with Gasteiger partial charge in [0.15, 0.2) is 0 Å². The normalized spacial score (nSPS) is 13.2. The second-order valence-corrected chi connectivity index (χ2v) is 8.08. The summed E-state index contributed by atoms with van der Waals surface area (Å²) in [5, 5.41) is 16.1. The number of amides is 3. The van der Waals surface area contributed by atoms with Crippen LogP contribution in [-0.2, 0) is 0 Å². The van der Waals surface area contributed by atoms with Crippen LogP contribution < -0.4 is 15.4 Å². The molecule has 178 valence electrons. The molecule has 3 heterocycles. The second kappa shape index (κ2) is 9.34. The largest absolute Gasteiger partial charge is 0.507 e. The molecule has 0 unspecified atom stereocenters. The van der Waals surface area contributed by atoms with E-state index in [1.54, 1.807) is 48.5 Å². The molecule has 4 aromatic rings. The predicted molar refractivity (Wildman–Crippen MR) is 130 cm³/mol. The van der Waals surface area contributed by atoms with Crippen LogP contribution in [0.2, 0.25) is 0 Å². The van der Waals surface area contributed by atoms with E-state index in [1.165, 1.54) is 0 Å². The summed E-state index contributed by atoms with van der Waals surface area (Å²) in [5.41, 5.74) is 3.90. The number of benzene rings is 2. The van der Waals surface area contributed by atoms with E-state index in [4.69, 9.17) is 4.74 Å².